The molecule has 0 aliphatic carbocycles. The molecule has 0 saturated heterocycles. The van der Waals surface area contributed by atoms with E-state index in [-0.39, 0.29) is 11.4 Å². The van der Waals surface area contributed by atoms with E-state index in [1.165, 1.54) is 6.07 Å². The van der Waals surface area contributed by atoms with Crippen LogP contribution in [0.3, 0.4) is 0 Å². The molecule has 0 spiro atoms. The topological polar surface area (TPSA) is 12.9 Å². The highest BCUT2D eigenvalue weighted by molar-refractivity contribution is 9.10. The summed E-state index contributed by atoms with van der Waals surface area (Å²) in [6.45, 7) is 0. The van der Waals surface area contributed by atoms with Gasteiger partial charge in [0, 0.05) is 16.2 Å². The van der Waals surface area contributed by atoms with Crippen molar-refractivity contribution < 1.29 is 8.78 Å². The van der Waals surface area contributed by atoms with E-state index in [0.717, 1.165) is 6.20 Å². The van der Waals surface area contributed by atoms with Crippen LogP contribution in [0.2, 0.25) is 0 Å². The highest BCUT2D eigenvalue weighted by atomic mass is 79.9. The maximum Gasteiger partial charge on any atom is 0.265 e. The summed E-state index contributed by atoms with van der Waals surface area (Å²) in [6.07, 6.45) is -1.36. The first-order chi connectivity index (χ1) is 5.65. The minimum Gasteiger partial charge on any atom is -0.258 e. The summed E-state index contributed by atoms with van der Waals surface area (Å²) in [5.74, 6) is 0.212. The largest absolute Gasteiger partial charge is 0.265 e. The number of aromatic nitrogens is 1. The first-order valence-corrected chi connectivity index (χ1v) is 4.46. The predicted molar refractivity (Wildman–Crippen MR) is 46.5 cm³/mol. The van der Waals surface area contributed by atoms with E-state index in [9.17, 15) is 8.78 Å². The second-order valence-electron chi connectivity index (χ2n) is 2.13. The minimum absolute atomic E-state index is 0.101. The summed E-state index contributed by atoms with van der Waals surface area (Å²) in [4.78, 5) is 3.76. The lowest BCUT2D eigenvalue weighted by Gasteiger charge is -2.02. The van der Waals surface area contributed by atoms with Crippen LogP contribution in [0, 0.1) is 0 Å². The summed E-state index contributed by atoms with van der Waals surface area (Å²) in [7, 11) is 0. The molecule has 0 unspecified atom stereocenters. The Morgan fingerprint density at radius 3 is 2.67 bits per heavy atom. The third kappa shape index (κ3) is 2.14. The van der Waals surface area contributed by atoms with Gasteiger partial charge in [-0.2, -0.15) is 0 Å². The molecular weight excluding hydrogens is 251 g/mol. The molecule has 0 N–H and O–H groups in total. The van der Waals surface area contributed by atoms with E-state index >= 15 is 0 Å². The molecular formula is C7H5BrClF2N. The summed E-state index contributed by atoms with van der Waals surface area (Å²) in [5.41, 5.74) is 0.469. The molecule has 1 rings (SSSR count). The van der Waals surface area contributed by atoms with Crippen molar-refractivity contribution in [2.45, 2.75) is 12.3 Å². The Morgan fingerprint density at radius 2 is 2.25 bits per heavy atom. The molecule has 12 heavy (non-hydrogen) atoms. The van der Waals surface area contributed by atoms with Gasteiger partial charge in [0.15, 0.2) is 0 Å². The van der Waals surface area contributed by atoms with Crippen LogP contribution in [-0.4, -0.2) is 4.98 Å². The van der Waals surface area contributed by atoms with E-state index in [2.05, 4.69) is 20.9 Å². The van der Waals surface area contributed by atoms with E-state index in [4.69, 9.17) is 11.6 Å². The molecule has 66 valence electrons. The highest BCUT2D eigenvalue weighted by Crippen LogP contribution is 2.24. The molecule has 1 nitrogen and oxygen atoms in total. The van der Waals surface area contributed by atoms with Crippen molar-refractivity contribution in [3.05, 3.63) is 28.0 Å². The van der Waals surface area contributed by atoms with Crippen LogP contribution in [0.5, 0.6) is 0 Å². The standard InChI is InChI=1S/C7H5BrClF2N/c8-5-1-4(7(10)11)3-12-6(5)2-9/h1,3,7H,2H2. The van der Waals surface area contributed by atoms with Gasteiger partial charge in [0.2, 0.25) is 0 Å². The fraction of sp³-hybridized carbons (Fsp3) is 0.286. The Morgan fingerprint density at radius 1 is 1.58 bits per heavy atom. The Balaban J connectivity index is 3.02. The molecule has 0 aromatic carbocycles. The van der Waals surface area contributed by atoms with Crippen LogP contribution in [0.4, 0.5) is 8.78 Å². The Bertz CT molecular complexity index is 280. The van der Waals surface area contributed by atoms with E-state index in [0.29, 0.717) is 10.2 Å². The smallest absolute Gasteiger partial charge is 0.258 e. The van der Waals surface area contributed by atoms with Crippen molar-refractivity contribution in [3.8, 4) is 0 Å². The molecule has 0 aliphatic heterocycles. The first kappa shape index (κ1) is 9.86. The third-order valence-corrected chi connectivity index (χ3v) is 2.26. The second-order valence-corrected chi connectivity index (χ2v) is 3.25. The average molecular weight is 256 g/mol. The number of halogens is 4. The summed E-state index contributed by atoms with van der Waals surface area (Å²) in [6, 6.07) is 1.33. The van der Waals surface area contributed by atoms with Crippen LogP contribution < -0.4 is 0 Å². The predicted octanol–water partition coefficient (Wildman–Crippen LogP) is 3.52. The summed E-state index contributed by atoms with van der Waals surface area (Å²) in [5, 5.41) is 0. The van der Waals surface area contributed by atoms with Crippen LogP contribution >= 0.6 is 27.5 Å². The number of alkyl halides is 3. The fourth-order valence-corrected chi connectivity index (χ4v) is 1.58. The van der Waals surface area contributed by atoms with Gasteiger partial charge in [-0.25, -0.2) is 8.78 Å². The van der Waals surface area contributed by atoms with Gasteiger partial charge in [-0.05, 0) is 22.0 Å². The zero-order valence-electron chi connectivity index (χ0n) is 5.90. The molecule has 0 atom stereocenters. The number of rotatable bonds is 2. The van der Waals surface area contributed by atoms with E-state index < -0.39 is 6.43 Å². The molecule has 0 fully saturated rings. The zero-order valence-corrected chi connectivity index (χ0v) is 8.24. The fourth-order valence-electron chi connectivity index (χ4n) is 0.699. The highest BCUT2D eigenvalue weighted by Gasteiger charge is 2.09. The van der Waals surface area contributed by atoms with Crippen LogP contribution in [0.25, 0.3) is 0 Å². The van der Waals surface area contributed by atoms with Crippen molar-refractivity contribution in [3.63, 3.8) is 0 Å². The SMILES string of the molecule is FC(F)c1cnc(CCl)c(Br)c1. The van der Waals surface area contributed by atoms with Crippen molar-refractivity contribution in [1.29, 1.82) is 0 Å². The molecule has 0 radical (unpaired) electrons. The zero-order chi connectivity index (χ0) is 9.14. The molecule has 0 bridgehead atoms. The number of hydrogen-bond donors (Lipinski definition) is 0. The van der Waals surface area contributed by atoms with Crippen LogP contribution in [-0.2, 0) is 5.88 Å². The minimum atomic E-state index is -2.49. The quantitative estimate of drug-likeness (QED) is 0.738. The maximum absolute atomic E-state index is 12.1. The van der Waals surface area contributed by atoms with E-state index in [1.807, 2.05) is 0 Å². The average Bonchev–Trinajstić information content (AvgIpc) is 2.04. The second kappa shape index (κ2) is 4.14. The summed E-state index contributed by atoms with van der Waals surface area (Å²) >= 11 is 8.58. The molecule has 5 heteroatoms. The van der Waals surface area contributed by atoms with Gasteiger partial charge < -0.3 is 0 Å². The van der Waals surface area contributed by atoms with Gasteiger partial charge in [0.05, 0.1) is 11.6 Å². The number of nitrogens with zero attached hydrogens (tertiary/aromatic N) is 1. The summed E-state index contributed by atoms with van der Waals surface area (Å²) < 4.78 is 24.7. The monoisotopic (exact) mass is 255 g/mol. The van der Waals surface area contributed by atoms with E-state index in [1.54, 1.807) is 0 Å². The van der Waals surface area contributed by atoms with Crippen LogP contribution in [0.1, 0.15) is 17.7 Å². The first-order valence-electron chi connectivity index (χ1n) is 3.13. The lowest BCUT2D eigenvalue weighted by Crippen LogP contribution is -1.91. The third-order valence-electron chi connectivity index (χ3n) is 1.32. The Labute approximate surface area is 81.9 Å². The lowest BCUT2D eigenvalue weighted by atomic mass is 10.3. The Hall–Kier alpha value is -0.220. The van der Waals surface area contributed by atoms with Crippen LogP contribution in [0.15, 0.2) is 16.7 Å². The van der Waals surface area contributed by atoms with Gasteiger partial charge in [-0.1, -0.05) is 0 Å². The van der Waals surface area contributed by atoms with Gasteiger partial charge in [-0.15, -0.1) is 11.6 Å². The molecule has 0 saturated carbocycles. The lowest BCUT2D eigenvalue weighted by molar-refractivity contribution is 0.151. The molecule has 0 amide bonds. The van der Waals surface area contributed by atoms with Gasteiger partial charge in [0.25, 0.3) is 6.43 Å². The molecule has 0 aliphatic rings. The van der Waals surface area contributed by atoms with Gasteiger partial charge >= 0.3 is 0 Å². The molecule has 1 aromatic rings. The number of hydrogen-bond acceptors (Lipinski definition) is 1. The van der Waals surface area contributed by atoms with Crippen molar-refractivity contribution >= 4 is 27.5 Å². The molecule has 1 aromatic heterocycles. The maximum atomic E-state index is 12.1. The van der Waals surface area contributed by atoms with Crippen molar-refractivity contribution in [2.75, 3.05) is 0 Å². The van der Waals surface area contributed by atoms with Crippen molar-refractivity contribution in [2.24, 2.45) is 0 Å². The number of pyridine rings is 1. The van der Waals surface area contributed by atoms with Crippen molar-refractivity contribution in [1.82, 2.24) is 4.98 Å². The Kier molecular flexibility index (Phi) is 3.40. The van der Waals surface area contributed by atoms with Gasteiger partial charge in [-0.3, -0.25) is 4.98 Å². The van der Waals surface area contributed by atoms with Gasteiger partial charge in [0.1, 0.15) is 0 Å². The normalized spacial score (nSPS) is 10.8. The molecule has 1 heterocycles.